The third-order valence-electron chi connectivity index (χ3n) is 3.12. The lowest BCUT2D eigenvalue weighted by Crippen LogP contribution is -1.98. The predicted molar refractivity (Wildman–Crippen MR) is 69.8 cm³/mol. The van der Waals surface area contributed by atoms with Crippen LogP contribution in [0, 0.1) is 5.82 Å². The molecule has 0 unspecified atom stereocenters. The first-order valence-electron chi connectivity index (χ1n) is 6.09. The second-order valence-corrected chi connectivity index (χ2v) is 4.34. The number of aryl methyl sites for hydroxylation is 1. The smallest absolute Gasteiger partial charge is 0.230 e. The zero-order chi connectivity index (χ0) is 13.4. The maximum atomic E-state index is 13.3. The highest BCUT2D eigenvalue weighted by atomic mass is 19.1. The molecule has 4 heteroatoms. The zero-order valence-electron chi connectivity index (χ0n) is 10.4. The summed E-state index contributed by atoms with van der Waals surface area (Å²) in [5, 5.41) is 0.569. The van der Waals surface area contributed by atoms with Crippen LogP contribution < -0.4 is 0 Å². The second kappa shape index (κ2) is 4.39. The molecule has 0 bridgehead atoms. The van der Waals surface area contributed by atoms with Gasteiger partial charge in [-0.3, -0.25) is 4.79 Å². The number of aromatic nitrogens is 1. The van der Waals surface area contributed by atoms with Crippen LogP contribution in [0.15, 0.2) is 40.9 Å². The zero-order valence-corrected chi connectivity index (χ0v) is 10.4. The van der Waals surface area contributed by atoms with E-state index in [-0.39, 0.29) is 17.4 Å². The van der Waals surface area contributed by atoms with Crippen LogP contribution in [-0.4, -0.2) is 10.8 Å². The molecular formula is C15H12FNO2. The summed E-state index contributed by atoms with van der Waals surface area (Å²) in [6.07, 6.45) is 2.32. The lowest BCUT2D eigenvalue weighted by atomic mass is 10.1. The molecule has 0 aliphatic heterocycles. The number of benzene rings is 1. The number of carbonyl (C=O) groups is 1. The number of H-pyrrole nitrogens is 1. The number of hydrogen-bond donors (Lipinski definition) is 1. The molecule has 3 nitrogen and oxygen atoms in total. The molecule has 0 aliphatic rings. The van der Waals surface area contributed by atoms with Crippen molar-refractivity contribution in [2.45, 2.75) is 13.3 Å². The van der Waals surface area contributed by atoms with E-state index in [2.05, 4.69) is 4.98 Å². The van der Waals surface area contributed by atoms with Gasteiger partial charge in [0.2, 0.25) is 5.78 Å². The topological polar surface area (TPSA) is 46.0 Å². The number of aromatic amines is 1. The van der Waals surface area contributed by atoms with E-state index in [9.17, 15) is 9.18 Å². The van der Waals surface area contributed by atoms with E-state index < -0.39 is 0 Å². The molecule has 0 fully saturated rings. The first-order valence-corrected chi connectivity index (χ1v) is 6.09. The summed E-state index contributed by atoms with van der Waals surface area (Å²) in [6.45, 7) is 1.95. The van der Waals surface area contributed by atoms with Gasteiger partial charge in [0.05, 0.1) is 5.56 Å². The van der Waals surface area contributed by atoms with Crippen molar-refractivity contribution in [3.8, 4) is 0 Å². The average molecular weight is 257 g/mol. The first kappa shape index (κ1) is 11.7. The van der Waals surface area contributed by atoms with E-state index in [1.807, 2.05) is 6.92 Å². The van der Waals surface area contributed by atoms with Crippen LogP contribution in [0.5, 0.6) is 0 Å². The summed E-state index contributed by atoms with van der Waals surface area (Å²) in [5.41, 5.74) is 1.15. The van der Waals surface area contributed by atoms with Crippen LogP contribution in [-0.2, 0) is 6.42 Å². The van der Waals surface area contributed by atoms with Crippen molar-refractivity contribution in [2.75, 3.05) is 0 Å². The van der Waals surface area contributed by atoms with Crippen LogP contribution >= 0.6 is 0 Å². The highest BCUT2D eigenvalue weighted by Gasteiger charge is 2.17. The molecule has 19 heavy (non-hydrogen) atoms. The number of rotatable bonds is 3. The molecule has 1 aromatic carbocycles. The minimum Gasteiger partial charge on any atom is -0.458 e. The van der Waals surface area contributed by atoms with Gasteiger partial charge in [-0.2, -0.15) is 0 Å². The van der Waals surface area contributed by atoms with E-state index in [4.69, 9.17) is 4.42 Å². The van der Waals surface area contributed by atoms with Crippen molar-refractivity contribution in [2.24, 2.45) is 0 Å². The fourth-order valence-corrected chi connectivity index (χ4v) is 2.10. The van der Waals surface area contributed by atoms with E-state index in [1.165, 1.54) is 12.1 Å². The standard InChI is InChI=1S/C15H12FNO2/c1-2-10-4-6-14(19-10)15(18)12-8-17-13-5-3-9(16)7-11(12)13/h3-8,17H,2H2,1H3. The third kappa shape index (κ3) is 1.95. The van der Waals surface area contributed by atoms with E-state index in [1.54, 1.807) is 24.4 Å². The number of carbonyl (C=O) groups excluding carboxylic acids is 1. The predicted octanol–water partition coefficient (Wildman–Crippen LogP) is 3.69. The SMILES string of the molecule is CCc1ccc(C(=O)c2c[nH]c3ccc(F)cc23)o1. The molecule has 2 heterocycles. The van der Waals surface area contributed by atoms with Gasteiger partial charge in [-0.25, -0.2) is 4.39 Å². The number of ketones is 1. The second-order valence-electron chi connectivity index (χ2n) is 4.34. The number of fused-ring (bicyclic) bond motifs is 1. The van der Waals surface area contributed by atoms with Crippen molar-refractivity contribution in [3.63, 3.8) is 0 Å². The summed E-state index contributed by atoms with van der Waals surface area (Å²) < 4.78 is 18.7. The quantitative estimate of drug-likeness (QED) is 0.727. The molecule has 3 rings (SSSR count). The Morgan fingerprint density at radius 3 is 2.89 bits per heavy atom. The average Bonchev–Trinajstić information content (AvgIpc) is 3.04. The van der Waals surface area contributed by atoms with Crippen LogP contribution in [0.25, 0.3) is 10.9 Å². The molecule has 3 aromatic rings. The van der Waals surface area contributed by atoms with Gasteiger partial charge in [0.25, 0.3) is 0 Å². The molecule has 0 amide bonds. The van der Waals surface area contributed by atoms with Crippen molar-refractivity contribution >= 4 is 16.7 Å². The summed E-state index contributed by atoms with van der Waals surface area (Å²) in [5.74, 6) is 0.433. The van der Waals surface area contributed by atoms with Gasteiger partial charge in [-0.15, -0.1) is 0 Å². The Hall–Kier alpha value is -2.36. The van der Waals surface area contributed by atoms with Crippen LogP contribution in [0.1, 0.15) is 28.8 Å². The van der Waals surface area contributed by atoms with Crippen LogP contribution in [0.3, 0.4) is 0 Å². The Bertz CT molecular complexity index is 754. The lowest BCUT2D eigenvalue weighted by molar-refractivity contribution is 0.101. The number of hydrogen-bond acceptors (Lipinski definition) is 2. The monoisotopic (exact) mass is 257 g/mol. The Morgan fingerprint density at radius 1 is 1.32 bits per heavy atom. The largest absolute Gasteiger partial charge is 0.458 e. The van der Waals surface area contributed by atoms with Crippen LogP contribution in [0.4, 0.5) is 4.39 Å². The lowest BCUT2D eigenvalue weighted by Gasteiger charge is -1.96. The molecule has 2 aromatic heterocycles. The molecule has 1 N–H and O–H groups in total. The van der Waals surface area contributed by atoms with Gasteiger partial charge >= 0.3 is 0 Å². The maximum absolute atomic E-state index is 13.3. The van der Waals surface area contributed by atoms with Crippen LogP contribution in [0.2, 0.25) is 0 Å². The van der Waals surface area contributed by atoms with Gasteiger partial charge in [0.1, 0.15) is 11.6 Å². The Balaban J connectivity index is 2.08. The van der Waals surface area contributed by atoms with E-state index in [0.717, 1.165) is 17.7 Å². The van der Waals surface area contributed by atoms with Gasteiger partial charge in [-0.05, 0) is 30.3 Å². The highest BCUT2D eigenvalue weighted by molar-refractivity contribution is 6.15. The van der Waals surface area contributed by atoms with Crippen molar-refractivity contribution in [1.29, 1.82) is 0 Å². The minimum absolute atomic E-state index is 0.239. The Kier molecular flexibility index (Phi) is 2.71. The molecule has 0 atom stereocenters. The summed E-state index contributed by atoms with van der Waals surface area (Å²) in [7, 11) is 0. The number of nitrogens with one attached hydrogen (secondary N) is 1. The normalized spacial score (nSPS) is 11.1. The molecular weight excluding hydrogens is 245 g/mol. The third-order valence-corrected chi connectivity index (χ3v) is 3.12. The molecule has 0 saturated carbocycles. The molecule has 0 spiro atoms. The maximum Gasteiger partial charge on any atom is 0.230 e. The fraction of sp³-hybridized carbons (Fsp3) is 0.133. The minimum atomic E-state index is -0.366. The van der Waals surface area contributed by atoms with E-state index >= 15 is 0 Å². The van der Waals surface area contributed by atoms with Gasteiger partial charge in [0.15, 0.2) is 5.76 Å². The Morgan fingerprint density at radius 2 is 2.16 bits per heavy atom. The first-order chi connectivity index (χ1) is 9.19. The molecule has 0 saturated heterocycles. The summed E-state index contributed by atoms with van der Waals surface area (Å²) in [6, 6.07) is 7.75. The highest BCUT2D eigenvalue weighted by Crippen LogP contribution is 2.23. The Labute approximate surface area is 109 Å². The molecule has 0 aliphatic carbocycles. The van der Waals surface area contributed by atoms with Crippen molar-refractivity contribution < 1.29 is 13.6 Å². The number of furan rings is 1. The van der Waals surface area contributed by atoms with Gasteiger partial charge < -0.3 is 9.40 Å². The molecule has 96 valence electrons. The summed E-state index contributed by atoms with van der Waals surface area (Å²) in [4.78, 5) is 15.3. The van der Waals surface area contributed by atoms with Crippen molar-refractivity contribution in [3.05, 3.63) is 59.4 Å². The van der Waals surface area contributed by atoms with Gasteiger partial charge in [0, 0.05) is 23.5 Å². The fourth-order valence-electron chi connectivity index (χ4n) is 2.10. The van der Waals surface area contributed by atoms with Crippen molar-refractivity contribution in [1.82, 2.24) is 4.98 Å². The molecule has 0 radical (unpaired) electrons. The van der Waals surface area contributed by atoms with E-state index in [0.29, 0.717) is 10.9 Å². The van der Waals surface area contributed by atoms with Gasteiger partial charge in [-0.1, -0.05) is 6.92 Å². The summed E-state index contributed by atoms with van der Waals surface area (Å²) >= 11 is 0. The number of halogens is 1.